The Balaban J connectivity index is 1.84. The molecule has 1 heterocycles. The summed E-state index contributed by atoms with van der Waals surface area (Å²) in [7, 11) is 1.51. The van der Waals surface area contributed by atoms with Crippen LogP contribution in [0.15, 0.2) is 39.7 Å². The minimum atomic E-state index is -0.419. The first-order valence-electron chi connectivity index (χ1n) is 8.47. The van der Waals surface area contributed by atoms with E-state index in [9.17, 15) is 9.59 Å². The molecule has 154 valence electrons. The van der Waals surface area contributed by atoms with Crippen LogP contribution in [0, 0.1) is 12.3 Å². The lowest BCUT2D eigenvalue weighted by Crippen LogP contribution is -2.28. The highest BCUT2D eigenvalue weighted by molar-refractivity contribution is 9.10. The van der Waals surface area contributed by atoms with Gasteiger partial charge in [-0.3, -0.25) is 14.5 Å². The Hall–Kier alpha value is -2.11. The Morgan fingerprint density at radius 3 is 2.67 bits per heavy atom. The van der Waals surface area contributed by atoms with Crippen LogP contribution in [-0.4, -0.2) is 29.7 Å². The average Bonchev–Trinajstić information content (AvgIpc) is 2.97. The molecule has 3 rings (SSSR count). The third-order valence-electron chi connectivity index (χ3n) is 4.04. The van der Waals surface area contributed by atoms with Crippen LogP contribution >= 0.6 is 50.9 Å². The number of carbonyl (C=O) groups is 2. The summed E-state index contributed by atoms with van der Waals surface area (Å²) in [4.78, 5) is 25.6. The molecule has 5 nitrogen and oxygen atoms in total. The fourth-order valence-corrected chi connectivity index (χ4v) is 4.36. The summed E-state index contributed by atoms with van der Waals surface area (Å²) in [5.41, 5.74) is 1.50. The number of hydrogen-bond acceptors (Lipinski definition) is 5. The molecule has 2 aromatic rings. The lowest BCUT2D eigenvalue weighted by atomic mass is 10.1. The maximum atomic E-state index is 12.4. The van der Waals surface area contributed by atoms with E-state index in [1.165, 1.54) is 7.11 Å². The highest BCUT2D eigenvalue weighted by atomic mass is 79.9. The van der Waals surface area contributed by atoms with E-state index in [4.69, 9.17) is 39.1 Å². The predicted octanol–water partition coefficient (Wildman–Crippen LogP) is 6.01. The lowest BCUT2D eigenvalue weighted by molar-refractivity contribution is -0.122. The molecule has 2 amide bonds. The van der Waals surface area contributed by atoms with Crippen LogP contribution < -0.4 is 9.47 Å². The van der Waals surface area contributed by atoms with Crippen molar-refractivity contribution >= 4 is 68.1 Å². The zero-order valence-corrected chi connectivity index (χ0v) is 19.5. The fraction of sp³-hybridized carbons (Fsp3) is 0.143. The fourth-order valence-electron chi connectivity index (χ4n) is 2.63. The first kappa shape index (κ1) is 22.6. The van der Waals surface area contributed by atoms with Crippen molar-refractivity contribution in [1.29, 1.82) is 0 Å². The van der Waals surface area contributed by atoms with Gasteiger partial charge in [0.1, 0.15) is 6.61 Å². The summed E-state index contributed by atoms with van der Waals surface area (Å²) in [6.07, 6.45) is 6.82. The molecule has 0 spiro atoms. The van der Waals surface area contributed by atoms with Crippen LogP contribution in [0.25, 0.3) is 6.08 Å². The molecule has 0 aliphatic carbocycles. The molecule has 0 aromatic heterocycles. The van der Waals surface area contributed by atoms with E-state index in [-0.39, 0.29) is 18.1 Å². The first-order chi connectivity index (χ1) is 14.3. The molecule has 1 aliphatic rings. The zero-order valence-electron chi connectivity index (χ0n) is 15.6. The van der Waals surface area contributed by atoms with Gasteiger partial charge in [-0.15, -0.1) is 6.42 Å². The second kappa shape index (κ2) is 9.80. The number of rotatable bonds is 6. The Bertz CT molecular complexity index is 1100. The number of halogens is 3. The van der Waals surface area contributed by atoms with Crippen molar-refractivity contribution in [3.05, 3.63) is 60.9 Å². The average molecular weight is 527 g/mol. The molecule has 1 saturated heterocycles. The van der Waals surface area contributed by atoms with Crippen LogP contribution in [0.3, 0.4) is 0 Å². The topological polar surface area (TPSA) is 55.8 Å². The van der Waals surface area contributed by atoms with Crippen LogP contribution in [0.4, 0.5) is 4.79 Å². The van der Waals surface area contributed by atoms with Gasteiger partial charge in [0.15, 0.2) is 11.5 Å². The molecule has 0 bridgehead atoms. The van der Waals surface area contributed by atoms with Gasteiger partial charge in [-0.1, -0.05) is 35.2 Å². The molecule has 0 saturated carbocycles. The van der Waals surface area contributed by atoms with E-state index in [1.807, 2.05) is 6.07 Å². The number of nitrogens with zero attached hydrogens (tertiary/aromatic N) is 1. The highest BCUT2D eigenvalue weighted by Gasteiger charge is 2.34. The molecule has 30 heavy (non-hydrogen) atoms. The first-order valence-corrected chi connectivity index (χ1v) is 10.8. The molecule has 0 radical (unpaired) electrons. The minimum absolute atomic E-state index is 0.0590. The van der Waals surface area contributed by atoms with Gasteiger partial charge in [-0.05, 0) is 69.2 Å². The number of thioether (sulfide) groups is 1. The highest BCUT2D eigenvalue weighted by Crippen LogP contribution is 2.39. The molecule has 0 unspecified atom stereocenters. The van der Waals surface area contributed by atoms with Crippen molar-refractivity contribution in [3.63, 3.8) is 0 Å². The van der Waals surface area contributed by atoms with Crippen molar-refractivity contribution in [1.82, 2.24) is 4.90 Å². The van der Waals surface area contributed by atoms with Crippen molar-refractivity contribution in [3.8, 4) is 23.8 Å². The van der Waals surface area contributed by atoms with Gasteiger partial charge in [-0.2, -0.15) is 0 Å². The summed E-state index contributed by atoms with van der Waals surface area (Å²) >= 11 is 16.3. The van der Waals surface area contributed by atoms with E-state index in [0.717, 1.165) is 22.2 Å². The van der Waals surface area contributed by atoms with E-state index in [0.29, 0.717) is 31.6 Å². The van der Waals surface area contributed by atoms with Gasteiger partial charge in [0, 0.05) is 0 Å². The van der Waals surface area contributed by atoms with Crippen molar-refractivity contribution in [2.24, 2.45) is 0 Å². The van der Waals surface area contributed by atoms with Crippen LogP contribution in [-0.2, 0) is 11.4 Å². The molecular formula is C21H14BrCl2NO4S. The number of methoxy groups -OCH3 is 1. The van der Waals surface area contributed by atoms with E-state index < -0.39 is 11.1 Å². The van der Waals surface area contributed by atoms with Crippen molar-refractivity contribution in [2.75, 3.05) is 13.7 Å². The predicted molar refractivity (Wildman–Crippen MR) is 123 cm³/mol. The molecule has 0 N–H and O–H groups in total. The largest absolute Gasteiger partial charge is 0.493 e. The quantitative estimate of drug-likeness (QED) is 0.340. The smallest absolute Gasteiger partial charge is 0.294 e. The number of amides is 2. The summed E-state index contributed by atoms with van der Waals surface area (Å²) in [6, 6.07) is 8.72. The Kier molecular flexibility index (Phi) is 7.37. The van der Waals surface area contributed by atoms with Crippen LogP contribution in [0.5, 0.6) is 11.5 Å². The number of benzene rings is 2. The molecule has 9 heteroatoms. The molecular weight excluding hydrogens is 513 g/mol. The maximum absolute atomic E-state index is 12.4. The zero-order chi connectivity index (χ0) is 21.8. The van der Waals surface area contributed by atoms with Gasteiger partial charge >= 0.3 is 0 Å². The summed E-state index contributed by atoms with van der Waals surface area (Å²) in [5, 5.41) is 0.518. The van der Waals surface area contributed by atoms with Gasteiger partial charge < -0.3 is 9.47 Å². The number of carbonyl (C=O) groups excluding carboxylic acids is 2. The van der Waals surface area contributed by atoms with Crippen LogP contribution in [0.2, 0.25) is 10.0 Å². The SMILES string of the molecule is C#CCN1C(=O)S/C(=C/c2cc(Br)c(OCc3ccc(Cl)c(Cl)c3)c(OC)c2)C1=O. The second-order valence-electron chi connectivity index (χ2n) is 6.04. The standard InChI is InChI=1S/C21H14BrCl2NO4S/c1-3-6-25-20(26)18(30-21(25)27)10-13-7-14(22)19(17(9-13)28-2)29-11-12-4-5-15(23)16(24)8-12/h1,4-5,7-10H,6,11H2,2H3/b18-10+. The summed E-state index contributed by atoms with van der Waals surface area (Å²) in [5.74, 6) is 2.83. The van der Waals surface area contributed by atoms with Crippen molar-refractivity contribution in [2.45, 2.75) is 6.61 Å². The lowest BCUT2D eigenvalue weighted by Gasteiger charge is -2.14. The summed E-state index contributed by atoms with van der Waals surface area (Å²) in [6.45, 7) is 0.187. The number of imide groups is 1. The van der Waals surface area contributed by atoms with E-state index in [2.05, 4.69) is 21.9 Å². The third kappa shape index (κ3) is 4.96. The van der Waals surface area contributed by atoms with E-state index in [1.54, 1.807) is 30.3 Å². The third-order valence-corrected chi connectivity index (χ3v) is 6.28. The molecule has 2 aromatic carbocycles. The normalized spacial score (nSPS) is 14.9. The number of terminal acetylenes is 1. The van der Waals surface area contributed by atoms with Crippen LogP contribution in [0.1, 0.15) is 11.1 Å². The second-order valence-corrected chi connectivity index (χ2v) is 8.71. The number of hydrogen-bond donors (Lipinski definition) is 0. The van der Waals surface area contributed by atoms with Gasteiger partial charge in [0.25, 0.3) is 11.1 Å². The molecule has 1 aliphatic heterocycles. The van der Waals surface area contributed by atoms with Gasteiger partial charge in [0.05, 0.1) is 33.1 Å². The Morgan fingerprint density at radius 2 is 2.00 bits per heavy atom. The minimum Gasteiger partial charge on any atom is -0.493 e. The van der Waals surface area contributed by atoms with Gasteiger partial charge in [-0.25, -0.2) is 0 Å². The van der Waals surface area contributed by atoms with Crippen molar-refractivity contribution < 1.29 is 19.1 Å². The van der Waals surface area contributed by atoms with Gasteiger partial charge in [0.2, 0.25) is 0 Å². The Labute approximate surface area is 196 Å². The molecule has 1 fully saturated rings. The monoisotopic (exact) mass is 525 g/mol. The molecule has 0 atom stereocenters. The Morgan fingerprint density at radius 1 is 1.23 bits per heavy atom. The summed E-state index contributed by atoms with van der Waals surface area (Å²) < 4.78 is 12.0. The maximum Gasteiger partial charge on any atom is 0.294 e. The van der Waals surface area contributed by atoms with E-state index >= 15 is 0 Å². The number of ether oxygens (including phenoxy) is 2.